The van der Waals surface area contributed by atoms with Crippen LogP contribution in [-0.2, 0) is 9.59 Å². The smallest absolute Gasteiger partial charge is 0.225 e. The van der Waals surface area contributed by atoms with Crippen molar-refractivity contribution in [3.8, 4) is 5.75 Å². The second-order valence-electron chi connectivity index (χ2n) is 6.38. The molecular formula is C18H26N2O3. The minimum atomic E-state index is -0.259. The van der Waals surface area contributed by atoms with Crippen LogP contribution in [-0.4, -0.2) is 36.4 Å². The zero-order chi connectivity index (χ0) is 16.8. The second kappa shape index (κ2) is 7.99. The minimum Gasteiger partial charge on any atom is -0.493 e. The number of primary amides is 1. The Morgan fingerprint density at radius 3 is 2.35 bits per heavy atom. The molecule has 0 unspecified atom stereocenters. The van der Waals surface area contributed by atoms with Gasteiger partial charge >= 0.3 is 0 Å². The number of amides is 2. The molecule has 1 aromatic carbocycles. The molecule has 1 saturated heterocycles. The number of hydrogen-bond acceptors (Lipinski definition) is 3. The van der Waals surface area contributed by atoms with Gasteiger partial charge in [-0.1, -0.05) is 26.0 Å². The second-order valence-corrected chi connectivity index (χ2v) is 6.38. The van der Waals surface area contributed by atoms with Gasteiger partial charge in [-0.25, -0.2) is 0 Å². The summed E-state index contributed by atoms with van der Waals surface area (Å²) in [6.07, 6.45) is 1.68. The lowest BCUT2D eigenvalue weighted by molar-refractivity contribution is -0.135. The molecule has 0 atom stereocenters. The number of nitrogens with two attached hydrogens (primary N) is 1. The highest BCUT2D eigenvalue weighted by molar-refractivity contribution is 5.78. The lowest BCUT2D eigenvalue weighted by Gasteiger charge is -2.30. The van der Waals surface area contributed by atoms with Crippen LogP contribution in [0.2, 0.25) is 0 Å². The molecule has 5 heteroatoms. The Morgan fingerprint density at radius 1 is 1.22 bits per heavy atom. The first-order chi connectivity index (χ1) is 11.0. The topological polar surface area (TPSA) is 72.6 Å². The normalized spacial score (nSPS) is 15.7. The Balaban J connectivity index is 1.72. The standard InChI is InChI=1S/C18H26N2O3/c1-13(2)14-3-5-16(6-4-14)23-12-9-17(21)20-10-7-15(8-11-20)18(19)22/h3-6,13,15H,7-12H2,1-2H3,(H2,19,22). The van der Waals surface area contributed by atoms with Gasteiger partial charge in [0.25, 0.3) is 0 Å². The van der Waals surface area contributed by atoms with E-state index in [2.05, 4.69) is 26.0 Å². The average Bonchev–Trinajstić information content (AvgIpc) is 2.55. The van der Waals surface area contributed by atoms with Crippen LogP contribution in [0.3, 0.4) is 0 Å². The first kappa shape index (κ1) is 17.3. The van der Waals surface area contributed by atoms with Crippen molar-refractivity contribution in [1.82, 2.24) is 4.90 Å². The molecule has 0 saturated carbocycles. The van der Waals surface area contributed by atoms with Crippen LogP contribution in [0.1, 0.15) is 44.6 Å². The van der Waals surface area contributed by atoms with Crippen molar-refractivity contribution < 1.29 is 14.3 Å². The van der Waals surface area contributed by atoms with E-state index >= 15 is 0 Å². The molecule has 23 heavy (non-hydrogen) atoms. The summed E-state index contributed by atoms with van der Waals surface area (Å²) in [7, 11) is 0. The van der Waals surface area contributed by atoms with Crippen molar-refractivity contribution in [2.75, 3.05) is 19.7 Å². The molecular weight excluding hydrogens is 292 g/mol. The Morgan fingerprint density at radius 2 is 1.83 bits per heavy atom. The summed E-state index contributed by atoms with van der Waals surface area (Å²) in [5, 5.41) is 0. The van der Waals surface area contributed by atoms with Gasteiger partial charge in [0.05, 0.1) is 13.0 Å². The summed E-state index contributed by atoms with van der Waals surface area (Å²) in [6, 6.07) is 7.99. The molecule has 0 aromatic heterocycles. The third kappa shape index (κ3) is 4.98. The average molecular weight is 318 g/mol. The van der Waals surface area contributed by atoms with Gasteiger partial charge in [-0.3, -0.25) is 9.59 Å². The molecule has 0 aliphatic carbocycles. The third-order valence-electron chi connectivity index (χ3n) is 4.38. The molecule has 0 bridgehead atoms. The first-order valence-corrected chi connectivity index (χ1v) is 8.27. The van der Waals surface area contributed by atoms with Gasteiger partial charge in [-0.2, -0.15) is 0 Å². The molecule has 1 fully saturated rings. The van der Waals surface area contributed by atoms with Crippen LogP contribution in [0, 0.1) is 5.92 Å². The minimum absolute atomic E-state index is 0.0757. The number of likely N-dealkylation sites (tertiary alicyclic amines) is 1. The number of ether oxygens (including phenoxy) is 1. The largest absolute Gasteiger partial charge is 0.493 e. The van der Waals surface area contributed by atoms with Crippen molar-refractivity contribution in [2.45, 2.75) is 39.0 Å². The van der Waals surface area contributed by atoms with E-state index in [-0.39, 0.29) is 17.7 Å². The van der Waals surface area contributed by atoms with Crippen molar-refractivity contribution in [2.24, 2.45) is 11.7 Å². The summed E-state index contributed by atoms with van der Waals surface area (Å²) in [5.41, 5.74) is 6.57. The number of benzene rings is 1. The van der Waals surface area contributed by atoms with Crippen LogP contribution in [0.4, 0.5) is 0 Å². The van der Waals surface area contributed by atoms with E-state index in [4.69, 9.17) is 10.5 Å². The highest BCUT2D eigenvalue weighted by atomic mass is 16.5. The van der Waals surface area contributed by atoms with Crippen LogP contribution in [0.25, 0.3) is 0 Å². The van der Waals surface area contributed by atoms with Gasteiger partial charge < -0.3 is 15.4 Å². The maximum Gasteiger partial charge on any atom is 0.225 e. The van der Waals surface area contributed by atoms with E-state index in [1.54, 1.807) is 4.90 Å². The van der Waals surface area contributed by atoms with E-state index in [0.717, 1.165) is 5.75 Å². The van der Waals surface area contributed by atoms with Crippen molar-refractivity contribution in [3.63, 3.8) is 0 Å². The van der Waals surface area contributed by atoms with Crippen LogP contribution in [0.15, 0.2) is 24.3 Å². The molecule has 2 amide bonds. The predicted octanol–water partition coefficient (Wildman–Crippen LogP) is 2.30. The maximum absolute atomic E-state index is 12.1. The van der Waals surface area contributed by atoms with Crippen LogP contribution >= 0.6 is 0 Å². The molecule has 0 spiro atoms. The summed E-state index contributed by atoms with van der Waals surface area (Å²) in [6.45, 7) is 5.88. The molecule has 0 radical (unpaired) electrons. The first-order valence-electron chi connectivity index (χ1n) is 8.27. The fourth-order valence-electron chi connectivity index (χ4n) is 2.78. The Bertz CT molecular complexity index is 532. The number of carbonyl (C=O) groups is 2. The van der Waals surface area contributed by atoms with Gasteiger partial charge in [0, 0.05) is 19.0 Å². The molecule has 2 rings (SSSR count). The van der Waals surface area contributed by atoms with Gasteiger partial charge in [-0.15, -0.1) is 0 Å². The fraction of sp³-hybridized carbons (Fsp3) is 0.556. The van der Waals surface area contributed by atoms with Gasteiger partial charge in [0.2, 0.25) is 11.8 Å². The number of rotatable bonds is 6. The molecule has 2 N–H and O–H groups in total. The number of piperidine rings is 1. The Kier molecular flexibility index (Phi) is 6.02. The van der Waals surface area contributed by atoms with Crippen molar-refractivity contribution >= 4 is 11.8 Å². The van der Waals surface area contributed by atoms with Gasteiger partial charge in [-0.05, 0) is 36.5 Å². The number of hydrogen-bond donors (Lipinski definition) is 1. The Labute approximate surface area is 137 Å². The molecule has 1 aliphatic rings. The van der Waals surface area contributed by atoms with Gasteiger partial charge in [0.1, 0.15) is 5.75 Å². The highest BCUT2D eigenvalue weighted by Crippen LogP contribution is 2.19. The summed E-state index contributed by atoms with van der Waals surface area (Å²) < 4.78 is 5.64. The molecule has 5 nitrogen and oxygen atoms in total. The lowest BCUT2D eigenvalue weighted by Crippen LogP contribution is -2.42. The summed E-state index contributed by atoms with van der Waals surface area (Å²) >= 11 is 0. The quantitative estimate of drug-likeness (QED) is 0.874. The number of nitrogens with zero attached hydrogens (tertiary/aromatic N) is 1. The highest BCUT2D eigenvalue weighted by Gasteiger charge is 2.25. The third-order valence-corrected chi connectivity index (χ3v) is 4.38. The molecule has 1 aromatic rings. The molecule has 1 aliphatic heterocycles. The molecule has 126 valence electrons. The van der Waals surface area contributed by atoms with E-state index in [9.17, 15) is 9.59 Å². The Hall–Kier alpha value is -2.04. The van der Waals surface area contributed by atoms with Crippen LogP contribution < -0.4 is 10.5 Å². The van der Waals surface area contributed by atoms with E-state index in [1.807, 2.05) is 12.1 Å². The van der Waals surface area contributed by atoms with E-state index < -0.39 is 0 Å². The number of carbonyl (C=O) groups excluding carboxylic acids is 2. The van der Waals surface area contributed by atoms with Crippen molar-refractivity contribution in [1.29, 1.82) is 0 Å². The fourth-order valence-corrected chi connectivity index (χ4v) is 2.78. The predicted molar refractivity (Wildman–Crippen MR) is 89.1 cm³/mol. The van der Waals surface area contributed by atoms with E-state index in [0.29, 0.717) is 44.9 Å². The van der Waals surface area contributed by atoms with Crippen LogP contribution in [0.5, 0.6) is 5.75 Å². The zero-order valence-electron chi connectivity index (χ0n) is 14.0. The monoisotopic (exact) mass is 318 g/mol. The zero-order valence-corrected chi connectivity index (χ0v) is 14.0. The summed E-state index contributed by atoms with van der Waals surface area (Å²) in [4.78, 5) is 25.1. The maximum atomic E-state index is 12.1. The molecule has 1 heterocycles. The van der Waals surface area contributed by atoms with Crippen molar-refractivity contribution in [3.05, 3.63) is 29.8 Å². The summed E-state index contributed by atoms with van der Waals surface area (Å²) in [5.74, 6) is 1.01. The van der Waals surface area contributed by atoms with Gasteiger partial charge in [0.15, 0.2) is 0 Å². The lowest BCUT2D eigenvalue weighted by atomic mass is 9.96. The SMILES string of the molecule is CC(C)c1ccc(OCCC(=O)N2CCC(C(N)=O)CC2)cc1. The van der Waals surface area contributed by atoms with E-state index in [1.165, 1.54) is 5.56 Å².